The molecule has 0 amide bonds. The third kappa shape index (κ3) is 2.57. The van der Waals surface area contributed by atoms with Gasteiger partial charge in [-0.3, -0.25) is 0 Å². The van der Waals surface area contributed by atoms with Crippen molar-refractivity contribution in [1.29, 1.82) is 0 Å². The fourth-order valence-electron chi connectivity index (χ4n) is 2.47. The molecular formula is C12H22O2. The molecule has 1 rings (SSSR count). The minimum atomic E-state index is 0.253. The van der Waals surface area contributed by atoms with Gasteiger partial charge in [-0.1, -0.05) is 20.8 Å². The van der Waals surface area contributed by atoms with Crippen molar-refractivity contribution in [2.75, 3.05) is 13.2 Å². The van der Waals surface area contributed by atoms with Crippen molar-refractivity contribution in [3.05, 3.63) is 0 Å². The summed E-state index contributed by atoms with van der Waals surface area (Å²) < 4.78 is 5.21. The Morgan fingerprint density at radius 3 is 2.64 bits per heavy atom. The zero-order valence-electron chi connectivity index (χ0n) is 9.58. The molecule has 2 nitrogen and oxygen atoms in total. The summed E-state index contributed by atoms with van der Waals surface area (Å²) in [6.45, 7) is 8.04. The second-order valence-corrected chi connectivity index (χ2v) is 5.03. The van der Waals surface area contributed by atoms with Crippen LogP contribution < -0.4 is 0 Å². The largest absolute Gasteiger partial charge is 0.374 e. The molecule has 0 radical (unpaired) electrons. The molecule has 1 fully saturated rings. The van der Waals surface area contributed by atoms with E-state index in [2.05, 4.69) is 20.8 Å². The Hall–Kier alpha value is -0.370. The molecule has 0 aromatic heterocycles. The summed E-state index contributed by atoms with van der Waals surface area (Å²) in [6.07, 6.45) is 4.58. The quantitative estimate of drug-likeness (QED) is 0.501. The summed E-state index contributed by atoms with van der Waals surface area (Å²) in [5.41, 5.74) is 0.449. The van der Waals surface area contributed by atoms with Crippen LogP contribution in [0, 0.1) is 17.3 Å². The average molecular weight is 198 g/mol. The molecule has 0 aliphatic heterocycles. The van der Waals surface area contributed by atoms with E-state index >= 15 is 0 Å². The topological polar surface area (TPSA) is 26.3 Å². The summed E-state index contributed by atoms with van der Waals surface area (Å²) in [4.78, 5) is 10.1. The van der Waals surface area contributed by atoms with Crippen LogP contribution in [0.2, 0.25) is 0 Å². The van der Waals surface area contributed by atoms with Crippen molar-refractivity contribution in [2.24, 2.45) is 17.3 Å². The summed E-state index contributed by atoms with van der Waals surface area (Å²) in [5.74, 6) is 1.59. The van der Waals surface area contributed by atoms with Gasteiger partial charge in [-0.2, -0.15) is 0 Å². The molecule has 1 saturated carbocycles. The van der Waals surface area contributed by atoms with Crippen LogP contribution in [0.1, 0.15) is 40.0 Å². The summed E-state index contributed by atoms with van der Waals surface area (Å²) in [6, 6.07) is 0. The monoisotopic (exact) mass is 198 g/mol. The highest BCUT2D eigenvalue weighted by Crippen LogP contribution is 2.48. The van der Waals surface area contributed by atoms with Gasteiger partial charge in [0.1, 0.15) is 12.9 Å². The van der Waals surface area contributed by atoms with E-state index in [0.717, 1.165) is 31.1 Å². The van der Waals surface area contributed by atoms with Crippen LogP contribution in [0.4, 0.5) is 0 Å². The van der Waals surface area contributed by atoms with Gasteiger partial charge < -0.3 is 9.53 Å². The minimum absolute atomic E-state index is 0.253. The first-order chi connectivity index (χ1) is 6.59. The van der Waals surface area contributed by atoms with Gasteiger partial charge in [0.05, 0.1) is 0 Å². The zero-order valence-corrected chi connectivity index (χ0v) is 9.58. The van der Waals surface area contributed by atoms with E-state index in [1.54, 1.807) is 0 Å². The molecule has 0 aromatic carbocycles. The predicted molar refractivity (Wildman–Crippen MR) is 57.2 cm³/mol. The first-order valence-corrected chi connectivity index (χ1v) is 5.60. The van der Waals surface area contributed by atoms with Gasteiger partial charge in [-0.15, -0.1) is 0 Å². The van der Waals surface area contributed by atoms with Gasteiger partial charge in [0.25, 0.3) is 0 Å². The number of carbonyl (C=O) groups is 1. The molecule has 0 bridgehead atoms. The molecule has 0 saturated heterocycles. The van der Waals surface area contributed by atoms with Crippen molar-refractivity contribution >= 4 is 6.29 Å². The maximum atomic E-state index is 10.1. The second kappa shape index (κ2) is 4.92. The molecular weight excluding hydrogens is 176 g/mol. The normalized spacial score (nSPS) is 30.5. The van der Waals surface area contributed by atoms with Gasteiger partial charge in [0.15, 0.2) is 0 Å². The van der Waals surface area contributed by atoms with Crippen LogP contribution in [-0.4, -0.2) is 19.5 Å². The number of ether oxygens (including phenoxy) is 1. The lowest BCUT2D eigenvalue weighted by Crippen LogP contribution is -2.24. The van der Waals surface area contributed by atoms with Crippen molar-refractivity contribution < 1.29 is 9.53 Å². The summed E-state index contributed by atoms with van der Waals surface area (Å²) in [7, 11) is 0. The molecule has 2 atom stereocenters. The predicted octanol–water partition coefficient (Wildman–Crippen LogP) is 2.66. The van der Waals surface area contributed by atoms with Crippen LogP contribution in [0.3, 0.4) is 0 Å². The Kier molecular flexibility index (Phi) is 4.11. The van der Waals surface area contributed by atoms with Crippen LogP contribution >= 0.6 is 0 Å². The van der Waals surface area contributed by atoms with Crippen LogP contribution in [0.25, 0.3) is 0 Å². The van der Waals surface area contributed by atoms with Crippen LogP contribution in [0.5, 0.6) is 0 Å². The minimum Gasteiger partial charge on any atom is -0.374 e. The molecule has 0 N–H and O–H groups in total. The molecule has 1 aliphatic carbocycles. The number of aldehydes is 1. The van der Waals surface area contributed by atoms with E-state index < -0.39 is 0 Å². The third-order valence-corrected chi connectivity index (χ3v) is 4.07. The van der Waals surface area contributed by atoms with Crippen LogP contribution in [0.15, 0.2) is 0 Å². The molecule has 1 aliphatic rings. The average Bonchev–Trinajstić information content (AvgIpc) is 2.38. The SMILES string of the molecule is CC1CC[C@@H](CCOCC=O)C1(C)C. The number of rotatable bonds is 5. The van der Waals surface area contributed by atoms with Crippen molar-refractivity contribution in [1.82, 2.24) is 0 Å². The molecule has 0 heterocycles. The molecule has 0 aromatic rings. The second-order valence-electron chi connectivity index (χ2n) is 5.03. The van der Waals surface area contributed by atoms with Gasteiger partial charge in [0.2, 0.25) is 0 Å². The Balaban J connectivity index is 2.28. The van der Waals surface area contributed by atoms with E-state index in [1.807, 2.05) is 0 Å². The fraction of sp³-hybridized carbons (Fsp3) is 0.917. The van der Waals surface area contributed by atoms with Gasteiger partial charge >= 0.3 is 0 Å². The highest BCUT2D eigenvalue weighted by Gasteiger charge is 2.39. The van der Waals surface area contributed by atoms with Gasteiger partial charge in [-0.05, 0) is 36.5 Å². The Labute approximate surface area is 87.0 Å². The summed E-state index contributed by atoms with van der Waals surface area (Å²) in [5, 5.41) is 0. The standard InChI is InChI=1S/C12H22O2/c1-10-4-5-11(12(10,2)3)6-8-14-9-7-13/h7,10-11H,4-6,8-9H2,1-3H3/t10?,11-/m0/s1. The maximum Gasteiger partial charge on any atom is 0.145 e. The van der Waals surface area contributed by atoms with E-state index in [1.165, 1.54) is 12.8 Å². The Morgan fingerprint density at radius 2 is 2.14 bits per heavy atom. The van der Waals surface area contributed by atoms with Gasteiger partial charge in [0, 0.05) is 6.61 Å². The van der Waals surface area contributed by atoms with Crippen LogP contribution in [-0.2, 0) is 9.53 Å². The van der Waals surface area contributed by atoms with Crippen molar-refractivity contribution in [2.45, 2.75) is 40.0 Å². The van der Waals surface area contributed by atoms with E-state index in [4.69, 9.17) is 4.74 Å². The van der Waals surface area contributed by atoms with E-state index in [9.17, 15) is 4.79 Å². The van der Waals surface area contributed by atoms with E-state index in [-0.39, 0.29) is 6.61 Å². The van der Waals surface area contributed by atoms with E-state index in [0.29, 0.717) is 5.41 Å². The lowest BCUT2D eigenvalue weighted by Gasteiger charge is -2.31. The van der Waals surface area contributed by atoms with Gasteiger partial charge in [-0.25, -0.2) is 0 Å². The summed E-state index contributed by atoms with van der Waals surface area (Å²) >= 11 is 0. The Bertz CT molecular complexity index is 187. The fourth-order valence-corrected chi connectivity index (χ4v) is 2.47. The molecule has 2 heteroatoms. The number of hydrogen-bond donors (Lipinski definition) is 0. The number of hydrogen-bond acceptors (Lipinski definition) is 2. The smallest absolute Gasteiger partial charge is 0.145 e. The highest BCUT2D eigenvalue weighted by atomic mass is 16.5. The van der Waals surface area contributed by atoms with Crippen molar-refractivity contribution in [3.8, 4) is 0 Å². The third-order valence-electron chi connectivity index (χ3n) is 4.07. The highest BCUT2D eigenvalue weighted by molar-refractivity contribution is 5.50. The maximum absolute atomic E-state index is 10.1. The Morgan fingerprint density at radius 1 is 1.43 bits per heavy atom. The molecule has 0 spiro atoms. The molecule has 14 heavy (non-hydrogen) atoms. The first kappa shape index (κ1) is 11.7. The number of carbonyl (C=O) groups excluding carboxylic acids is 1. The first-order valence-electron chi connectivity index (χ1n) is 5.60. The lowest BCUT2D eigenvalue weighted by atomic mass is 9.75. The zero-order chi connectivity index (χ0) is 10.6. The molecule has 1 unspecified atom stereocenters. The molecule has 82 valence electrons. The lowest BCUT2D eigenvalue weighted by molar-refractivity contribution is -0.112. The van der Waals surface area contributed by atoms with Crippen molar-refractivity contribution in [3.63, 3.8) is 0 Å².